The van der Waals surface area contributed by atoms with E-state index in [0.29, 0.717) is 23.8 Å². The zero-order valence-electron chi connectivity index (χ0n) is 11.7. The predicted octanol–water partition coefficient (Wildman–Crippen LogP) is 1.79. The summed E-state index contributed by atoms with van der Waals surface area (Å²) in [5.41, 5.74) is 5.58. The van der Waals surface area contributed by atoms with Crippen LogP contribution in [0.5, 0.6) is 5.75 Å². The normalized spacial score (nSPS) is 11.3. The number of anilines is 1. The van der Waals surface area contributed by atoms with Crippen LogP contribution in [0.3, 0.4) is 0 Å². The van der Waals surface area contributed by atoms with Crippen LogP contribution in [-0.4, -0.2) is 26.6 Å². The molecular weight excluding hydrogens is 278 g/mol. The Morgan fingerprint density at radius 2 is 2.05 bits per heavy atom. The van der Waals surface area contributed by atoms with Crippen molar-refractivity contribution in [2.24, 2.45) is 11.7 Å². The van der Waals surface area contributed by atoms with E-state index in [4.69, 9.17) is 15.9 Å². The van der Waals surface area contributed by atoms with E-state index < -0.39 is 10.0 Å². The maximum absolute atomic E-state index is 12.0. The van der Waals surface area contributed by atoms with E-state index in [1.165, 1.54) is 0 Å². The van der Waals surface area contributed by atoms with Gasteiger partial charge >= 0.3 is 0 Å². The van der Waals surface area contributed by atoms with Gasteiger partial charge in [-0.05, 0) is 24.5 Å². The lowest BCUT2D eigenvalue weighted by molar-refractivity contribution is 0.376. The van der Waals surface area contributed by atoms with Crippen molar-refractivity contribution in [3.05, 3.63) is 24.3 Å². The van der Waals surface area contributed by atoms with E-state index in [-0.39, 0.29) is 18.2 Å². The second-order valence-electron chi connectivity index (χ2n) is 4.91. The zero-order valence-corrected chi connectivity index (χ0v) is 12.5. The smallest absolute Gasteiger partial charge is 0.232 e. The minimum Gasteiger partial charge on any atom is -0.484 e. The van der Waals surface area contributed by atoms with E-state index in [9.17, 15) is 8.42 Å². The fourth-order valence-corrected chi connectivity index (χ4v) is 2.83. The first-order valence-corrected chi connectivity index (χ1v) is 8.00. The summed E-state index contributed by atoms with van der Waals surface area (Å²) in [5.74, 6) is 0.611. The summed E-state index contributed by atoms with van der Waals surface area (Å²) >= 11 is 0. The summed E-state index contributed by atoms with van der Waals surface area (Å²) in [6, 6.07) is 6.67. The second kappa shape index (κ2) is 7.14. The van der Waals surface area contributed by atoms with Crippen molar-refractivity contribution in [3.63, 3.8) is 0 Å². The van der Waals surface area contributed by atoms with Gasteiger partial charge in [-0.2, -0.15) is 0 Å². The molecule has 0 saturated carbocycles. The molecule has 0 atom stereocenters. The van der Waals surface area contributed by atoms with Crippen LogP contribution in [0.15, 0.2) is 24.3 Å². The molecule has 0 heterocycles. The Bertz CT molecular complexity index is 556. The molecule has 0 fully saturated rings. The molecule has 0 aliphatic rings. The monoisotopic (exact) mass is 299 g/mol. The third-order valence-electron chi connectivity index (χ3n) is 2.50. The number of nitrogens with two attached hydrogens (primary N) is 1. The van der Waals surface area contributed by atoms with Gasteiger partial charge in [0.1, 0.15) is 18.2 Å². The van der Waals surface area contributed by atoms with Gasteiger partial charge in [0.2, 0.25) is 10.0 Å². The predicted molar refractivity (Wildman–Crippen MR) is 80.7 cm³/mol. The highest BCUT2D eigenvalue weighted by Gasteiger charge is 2.14. The highest BCUT2D eigenvalue weighted by Crippen LogP contribution is 2.25. The molecule has 1 aromatic rings. The first-order chi connectivity index (χ1) is 9.30. The first-order valence-electron chi connectivity index (χ1n) is 6.35. The van der Waals surface area contributed by atoms with Crippen molar-refractivity contribution in [2.45, 2.75) is 20.3 Å². The highest BCUT2D eigenvalue weighted by molar-refractivity contribution is 7.92. The lowest BCUT2D eigenvalue weighted by Crippen LogP contribution is -2.21. The second-order valence-corrected chi connectivity index (χ2v) is 6.76. The summed E-state index contributed by atoms with van der Waals surface area (Å²) in [4.78, 5) is 0. The Kier molecular flexibility index (Phi) is 5.82. The van der Waals surface area contributed by atoms with Crippen LogP contribution < -0.4 is 15.2 Å². The molecule has 0 aliphatic heterocycles. The van der Waals surface area contributed by atoms with E-state index >= 15 is 0 Å². The van der Waals surface area contributed by atoms with Crippen molar-refractivity contribution >= 4 is 21.5 Å². The topological polar surface area (TPSA) is 105 Å². The van der Waals surface area contributed by atoms with Gasteiger partial charge in [-0.1, -0.05) is 26.0 Å². The molecule has 4 N–H and O–H groups in total. The SMILES string of the molecule is CC(C)CCS(=O)(=O)Nc1ccccc1OCC(=N)N. The average molecular weight is 299 g/mol. The van der Waals surface area contributed by atoms with Crippen LogP contribution in [-0.2, 0) is 10.0 Å². The van der Waals surface area contributed by atoms with Crippen LogP contribution in [0.25, 0.3) is 0 Å². The summed E-state index contributed by atoms with van der Waals surface area (Å²) in [6.07, 6.45) is 0.589. The van der Waals surface area contributed by atoms with Gasteiger partial charge in [-0.15, -0.1) is 0 Å². The first kappa shape index (κ1) is 16.3. The molecule has 6 nitrogen and oxygen atoms in total. The molecule has 0 amide bonds. The molecule has 0 aromatic heterocycles. The number of para-hydroxylation sites is 2. The number of sulfonamides is 1. The molecule has 0 aliphatic carbocycles. The Morgan fingerprint density at radius 1 is 1.40 bits per heavy atom. The largest absolute Gasteiger partial charge is 0.484 e. The number of amidine groups is 1. The van der Waals surface area contributed by atoms with Gasteiger partial charge in [-0.3, -0.25) is 10.1 Å². The molecular formula is C13H21N3O3S. The molecule has 1 aromatic carbocycles. The molecule has 0 bridgehead atoms. The molecule has 0 radical (unpaired) electrons. The van der Waals surface area contributed by atoms with E-state index in [1.54, 1.807) is 24.3 Å². The minimum atomic E-state index is -3.41. The quantitative estimate of drug-likeness (QED) is 0.502. The molecule has 7 heteroatoms. The van der Waals surface area contributed by atoms with E-state index in [0.717, 1.165) is 0 Å². The Morgan fingerprint density at radius 3 is 2.65 bits per heavy atom. The Balaban J connectivity index is 2.78. The molecule has 0 saturated heterocycles. The van der Waals surface area contributed by atoms with Gasteiger partial charge in [0.05, 0.1) is 11.4 Å². The molecule has 0 unspecified atom stereocenters. The number of benzene rings is 1. The highest BCUT2D eigenvalue weighted by atomic mass is 32.2. The third-order valence-corrected chi connectivity index (χ3v) is 3.80. The standard InChI is InChI=1S/C13H21N3O3S/c1-10(2)7-8-20(17,18)16-11-5-3-4-6-12(11)19-9-13(14)15/h3-6,10,16H,7-9H2,1-2H3,(H3,14,15). The maximum atomic E-state index is 12.0. The fraction of sp³-hybridized carbons (Fsp3) is 0.462. The van der Waals surface area contributed by atoms with Gasteiger partial charge in [-0.25, -0.2) is 8.42 Å². The van der Waals surface area contributed by atoms with Gasteiger partial charge in [0, 0.05) is 0 Å². The summed E-state index contributed by atoms with van der Waals surface area (Å²) in [6.45, 7) is 3.86. The van der Waals surface area contributed by atoms with Crippen LogP contribution in [0.1, 0.15) is 20.3 Å². The molecule has 0 spiro atoms. The fourth-order valence-electron chi connectivity index (χ4n) is 1.44. The Hall–Kier alpha value is -1.76. The Labute approximate surface area is 119 Å². The molecule has 20 heavy (non-hydrogen) atoms. The van der Waals surface area contributed by atoms with Crippen LogP contribution in [0, 0.1) is 11.3 Å². The minimum absolute atomic E-state index is 0.0612. The molecule has 1 rings (SSSR count). The van der Waals surface area contributed by atoms with Crippen LogP contribution in [0.2, 0.25) is 0 Å². The average Bonchev–Trinajstić information content (AvgIpc) is 2.35. The van der Waals surface area contributed by atoms with Crippen molar-refractivity contribution in [2.75, 3.05) is 17.1 Å². The number of hydrogen-bond acceptors (Lipinski definition) is 4. The number of ether oxygens (including phenoxy) is 1. The lowest BCUT2D eigenvalue weighted by atomic mass is 10.2. The van der Waals surface area contributed by atoms with Gasteiger partial charge < -0.3 is 10.5 Å². The van der Waals surface area contributed by atoms with Crippen molar-refractivity contribution < 1.29 is 13.2 Å². The van der Waals surface area contributed by atoms with Crippen molar-refractivity contribution in [3.8, 4) is 5.75 Å². The van der Waals surface area contributed by atoms with Gasteiger partial charge in [0.15, 0.2) is 0 Å². The number of nitrogens with one attached hydrogen (secondary N) is 2. The van der Waals surface area contributed by atoms with Crippen LogP contribution in [0.4, 0.5) is 5.69 Å². The molecule has 112 valence electrons. The number of hydrogen-bond donors (Lipinski definition) is 3. The zero-order chi connectivity index (χ0) is 15.2. The summed E-state index contributed by atoms with van der Waals surface area (Å²) in [7, 11) is -3.41. The van der Waals surface area contributed by atoms with Crippen LogP contribution >= 0.6 is 0 Å². The summed E-state index contributed by atoms with van der Waals surface area (Å²) in [5, 5.41) is 7.12. The third kappa shape index (κ3) is 5.92. The van der Waals surface area contributed by atoms with Gasteiger partial charge in [0.25, 0.3) is 0 Å². The lowest BCUT2D eigenvalue weighted by Gasteiger charge is -2.13. The van der Waals surface area contributed by atoms with Crippen molar-refractivity contribution in [1.29, 1.82) is 5.41 Å². The van der Waals surface area contributed by atoms with E-state index in [1.807, 2.05) is 13.8 Å². The maximum Gasteiger partial charge on any atom is 0.232 e. The van der Waals surface area contributed by atoms with Crippen molar-refractivity contribution in [1.82, 2.24) is 0 Å². The van der Waals surface area contributed by atoms with E-state index in [2.05, 4.69) is 4.72 Å². The number of rotatable bonds is 8. The summed E-state index contributed by atoms with van der Waals surface area (Å²) < 4.78 is 31.7.